The molecular formula is C20H40N2O7Zn. The number of amides is 1. The summed E-state index contributed by atoms with van der Waals surface area (Å²) in [5.74, 6) is -2.85. The second-order valence-corrected chi connectivity index (χ2v) is 6.22. The Hall–Kier alpha value is -1.54. The predicted molar refractivity (Wildman–Crippen MR) is 109 cm³/mol. The van der Waals surface area contributed by atoms with Crippen LogP contribution in [0.25, 0.3) is 0 Å². The van der Waals surface area contributed by atoms with Gasteiger partial charge in [-0.15, -0.1) is 0 Å². The van der Waals surface area contributed by atoms with Gasteiger partial charge >= 0.3 is 19.5 Å². The van der Waals surface area contributed by atoms with Gasteiger partial charge in [0, 0.05) is 38.4 Å². The van der Waals surface area contributed by atoms with Crippen LogP contribution in [-0.2, 0) is 38.7 Å². The van der Waals surface area contributed by atoms with Gasteiger partial charge < -0.3 is 36.0 Å². The third kappa shape index (κ3) is 94.7. The maximum Gasteiger partial charge on any atom is 2.00 e. The molecule has 0 aromatic carbocycles. The molecule has 0 bridgehead atoms. The second kappa shape index (κ2) is 34.9. The van der Waals surface area contributed by atoms with Crippen molar-refractivity contribution in [2.45, 2.75) is 91.9 Å². The van der Waals surface area contributed by atoms with Gasteiger partial charge in [-0.1, -0.05) is 58.3 Å². The number of carbonyl (C=O) groups excluding carboxylic acids is 3. The molecule has 9 nitrogen and oxygen atoms in total. The molecule has 0 atom stereocenters. The molecule has 4 N–H and O–H groups in total. The molecule has 0 fully saturated rings. The van der Waals surface area contributed by atoms with Crippen LogP contribution in [0.3, 0.4) is 0 Å². The Morgan fingerprint density at radius 1 is 0.800 bits per heavy atom. The quantitative estimate of drug-likeness (QED) is 0.266. The van der Waals surface area contributed by atoms with Crippen LogP contribution >= 0.6 is 0 Å². The fourth-order valence-corrected chi connectivity index (χ4v) is 1.90. The first-order valence-corrected chi connectivity index (χ1v) is 10.0. The number of carbonyl (C=O) groups is 4. The summed E-state index contributed by atoms with van der Waals surface area (Å²) >= 11 is 0. The van der Waals surface area contributed by atoms with Crippen LogP contribution in [0.2, 0.25) is 0 Å². The Balaban J connectivity index is -0.000000131. The van der Waals surface area contributed by atoms with E-state index >= 15 is 0 Å². The van der Waals surface area contributed by atoms with Crippen molar-refractivity contribution in [3.63, 3.8) is 0 Å². The summed E-state index contributed by atoms with van der Waals surface area (Å²) in [7, 11) is 0. The molecule has 30 heavy (non-hydrogen) atoms. The zero-order valence-corrected chi connectivity index (χ0v) is 22.1. The number of nitrogens with one attached hydrogen (secondary N) is 1. The van der Waals surface area contributed by atoms with Gasteiger partial charge in [-0.2, -0.15) is 0 Å². The van der Waals surface area contributed by atoms with Gasteiger partial charge in [0.25, 0.3) is 5.97 Å². The standard InChI is InChI=1S/C14H30N2O.3C2H4O2.Zn/c1-2-3-4-5-6-7-8-9-10-11-14(17)16-13-12-15;3*1-2(3)4;/h2-13,15H2,1H3,(H,16,17);3*1H3,(H,3,4);/q;;;;+2/p-2. The maximum atomic E-state index is 11.2. The fourth-order valence-electron chi connectivity index (χ4n) is 1.90. The molecule has 0 rings (SSSR count). The maximum absolute atomic E-state index is 11.2. The molecule has 0 spiro atoms. The topological polar surface area (TPSA) is 173 Å². The summed E-state index contributed by atoms with van der Waals surface area (Å²) in [6, 6.07) is 0. The molecule has 0 saturated heterocycles. The first-order valence-electron chi connectivity index (χ1n) is 10.0. The molecule has 0 aliphatic rings. The Morgan fingerprint density at radius 2 is 1.10 bits per heavy atom. The third-order valence-electron chi connectivity index (χ3n) is 2.97. The predicted octanol–water partition coefficient (Wildman–Crippen LogP) is 0.583. The van der Waals surface area contributed by atoms with Gasteiger partial charge in [0.2, 0.25) is 5.91 Å². The van der Waals surface area contributed by atoms with E-state index in [-0.39, 0.29) is 25.4 Å². The summed E-state index contributed by atoms with van der Waals surface area (Å²) in [4.78, 5) is 38.0. The first kappa shape index (κ1) is 39.0. The molecule has 0 aliphatic heterocycles. The van der Waals surface area contributed by atoms with E-state index in [0.717, 1.165) is 27.2 Å². The van der Waals surface area contributed by atoms with E-state index in [0.29, 0.717) is 19.5 Å². The summed E-state index contributed by atoms with van der Waals surface area (Å²) in [6.45, 7) is 6.41. The van der Waals surface area contributed by atoms with Crippen LogP contribution in [0.1, 0.15) is 91.9 Å². The van der Waals surface area contributed by atoms with Crippen LogP contribution in [0.4, 0.5) is 0 Å². The molecule has 0 saturated carbocycles. The van der Waals surface area contributed by atoms with Crippen LogP contribution in [0, 0.1) is 0 Å². The van der Waals surface area contributed by atoms with E-state index in [9.17, 15) is 4.79 Å². The van der Waals surface area contributed by atoms with Crippen LogP contribution in [-0.4, -0.2) is 42.0 Å². The first-order chi connectivity index (χ1) is 13.5. The average Bonchev–Trinajstić information content (AvgIpc) is 2.57. The molecule has 1 amide bonds. The van der Waals surface area contributed by atoms with Gasteiger partial charge in [0.05, 0.1) is 0 Å². The Labute approximate surface area is 193 Å². The molecule has 0 aromatic heterocycles. The average molecular weight is 486 g/mol. The van der Waals surface area contributed by atoms with Crippen molar-refractivity contribution in [1.82, 2.24) is 5.32 Å². The van der Waals surface area contributed by atoms with Gasteiger partial charge in [-0.25, -0.2) is 0 Å². The monoisotopic (exact) mass is 484 g/mol. The summed E-state index contributed by atoms with van der Waals surface area (Å²) < 4.78 is 0. The third-order valence-corrected chi connectivity index (χ3v) is 2.97. The van der Waals surface area contributed by atoms with E-state index in [1.165, 1.54) is 51.4 Å². The van der Waals surface area contributed by atoms with Crippen LogP contribution in [0.5, 0.6) is 0 Å². The number of rotatable bonds is 12. The van der Waals surface area contributed by atoms with E-state index in [4.69, 9.17) is 35.4 Å². The van der Waals surface area contributed by atoms with Gasteiger partial charge in [-0.05, 0) is 20.3 Å². The summed E-state index contributed by atoms with van der Waals surface area (Å²) in [6.07, 6.45) is 12.3. The van der Waals surface area contributed by atoms with E-state index in [1.54, 1.807) is 0 Å². The van der Waals surface area contributed by atoms with Crippen LogP contribution < -0.4 is 21.3 Å². The second-order valence-electron chi connectivity index (χ2n) is 6.22. The Morgan fingerprint density at radius 3 is 1.40 bits per heavy atom. The molecule has 0 radical (unpaired) electrons. The van der Waals surface area contributed by atoms with Crippen molar-refractivity contribution in [2.24, 2.45) is 5.73 Å². The van der Waals surface area contributed by atoms with E-state index in [2.05, 4.69) is 12.2 Å². The summed E-state index contributed by atoms with van der Waals surface area (Å²) in [5, 5.41) is 28.0. The minimum Gasteiger partial charge on any atom is -0.550 e. The summed E-state index contributed by atoms with van der Waals surface area (Å²) in [5.41, 5.74) is 5.31. The number of carboxylic acid groups (broad SMARTS) is 3. The smallest absolute Gasteiger partial charge is 0.550 e. The van der Waals surface area contributed by atoms with E-state index in [1.807, 2.05) is 0 Å². The zero-order chi connectivity index (χ0) is 23.5. The van der Waals surface area contributed by atoms with Crippen molar-refractivity contribution < 1.29 is 54.0 Å². The van der Waals surface area contributed by atoms with Gasteiger partial charge in [0.15, 0.2) is 0 Å². The number of carboxylic acids is 3. The van der Waals surface area contributed by atoms with Crippen molar-refractivity contribution in [3.8, 4) is 0 Å². The molecule has 174 valence electrons. The van der Waals surface area contributed by atoms with Crippen molar-refractivity contribution in [2.75, 3.05) is 13.1 Å². The minimum absolute atomic E-state index is 0. The molecular weight excluding hydrogens is 446 g/mol. The normalized spacial score (nSPS) is 8.43. The molecule has 0 aromatic rings. The van der Waals surface area contributed by atoms with Crippen molar-refractivity contribution in [3.05, 3.63) is 0 Å². The van der Waals surface area contributed by atoms with E-state index < -0.39 is 17.9 Å². The largest absolute Gasteiger partial charge is 2.00 e. The number of unbranched alkanes of at least 4 members (excludes halogenated alkanes) is 8. The van der Waals surface area contributed by atoms with Crippen molar-refractivity contribution >= 4 is 23.8 Å². The molecule has 10 heteroatoms. The molecule has 0 heterocycles. The number of hydrogen-bond acceptors (Lipinski definition) is 7. The fraction of sp³-hybridized carbons (Fsp3) is 0.800. The zero-order valence-electron chi connectivity index (χ0n) is 19.2. The number of hydrogen-bond donors (Lipinski definition) is 3. The Bertz CT molecular complexity index is 368. The SMILES string of the molecule is CC(=O)O.CC(=O)[O-].CC(=O)[O-].CCCCCCCCCCCC(=O)NCCN.[Zn+2]. The molecule has 0 aliphatic carbocycles. The molecule has 0 unspecified atom stereocenters. The van der Waals surface area contributed by atoms with Gasteiger partial charge in [-0.3, -0.25) is 9.59 Å². The minimum atomic E-state index is -1.08. The number of nitrogens with two attached hydrogens (primary N) is 1. The van der Waals surface area contributed by atoms with Crippen molar-refractivity contribution in [1.29, 1.82) is 0 Å². The van der Waals surface area contributed by atoms with Gasteiger partial charge in [0.1, 0.15) is 0 Å². The Kier molecular flexibility index (Phi) is 45.4. The number of aliphatic carboxylic acids is 3. The van der Waals surface area contributed by atoms with Crippen LogP contribution in [0.15, 0.2) is 0 Å².